The van der Waals surface area contributed by atoms with Crippen molar-refractivity contribution >= 4 is 0 Å². The number of hydrogen-bond donors (Lipinski definition) is 1. The zero-order valence-electron chi connectivity index (χ0n) is 11.1. The van der Waals surface area contributed by atoms with Crippen LogP contribution in [-0.4, -0.2) is 16.2 Å². The normalized spacial score (nSPS) is 12.4. The molecule has 0 radical (unpaired) electrons. The lowest BCUT2D eigenvalue weighted by atomic mass is 10.1. The smallest absolute Gasteiger partial charge is 0.165 e. The molecule has 0 fully saturated rings. The number of rotatable bonds is 5. The van der Waals surface area contributed by atoms with Gasteiger partial charge in [0.15, 0.2) is 11.6 Å². The summed E-state index contributed by atoms with van der Waals surface area (Å²) in [6.07, 6.45) is 3.60. The van der Waals surface area contributed by atoms with E-state index in [1.807, 2.05) is 24.6 Å². The van der Waals surface area contributed by atoms with E-state index >= 15 is 0 Å². The fourth-order valence-corrected chi connectivity index (χ4v) is 1.81. The molecule has 2 N–H and O–H groups in total. The summed E-state index contributed by atoms with van der Waals surface area (Å²) in [4.78, 5) is 4.11. The number of imidazole rings is 1. The second-order valence-electron chi connectivity index (χ2n) is 4.49. The third-order valence-electron chi connectivity index (χ3n) is 3.00. The van der Waals surface area contributed by atoms with E-state index < -0.39 is 0 Å². The maximum Gasteiger partial charge on any atom is 0.165 e. The Bertz CT molecular complexity index is 551. The van der Waals surface area contributed by atoms with Gasteiger partial charge in [-0.05, 0) is 31.5 Å². The number of aryl methyl sites for hydroxylation is 1. The maximum absolute atomic E-state index is 13.8. The Hall–Kier alpha value is -1.88. The quantitative estimate of drug-likeness (QED) is 0.901. The number of nitrogens with two attached hydrogens (primary N) is 1. The van der Waals surface area contributed by atoms with Crippen molar-refractivity contribution in [3.05, 3.63) is 47.8 Å². The number of benzene rings is 1. The molecule has 1 heterocycles. The van der Waals surface area contributed by atoms with E-state index in [1.165, 1.54) is 6.07 Å². The molecule has 0 aliphatic carbocycles. The molecule has 1 unspecified atom stereocenters. The summed E-state index contributed by atoms with van der Waals surface area (Å²) in [6.45, 7) is 4.76. The van der Waals surface area contributed by atoms with Gasteiger partial charge in [0, 0.05) is 18.4 Å². The number of halogens is 1. The molecule has 19 heavy (non-hydrogen) atoms. The van der Waals surface area contributed by atoms with Gasteiger partial charge in [0.05, 0.1) is 6.54 Å². The van der Waals surface area contributed by atoms with E-state index in [0.717, 1.165) is 11.4 Å². The third kappa shape index (κ3) is 3.32. The lowest BCUT2D eigenvalue weighted by Gasteiger charge is -2.11. The van der Waals surface area contributed by atoms with Gasteiger partial charge in [-0.1, -0.05) is 6.07 Å². The third-order valence-corrected chi connectivity index (χ3v) is 3.00. The molecule has 1 atom stereocenters. The van der Waals surface area contributed by atoms with Crippen molar-refractivity contribution in [2.24, 2.45) is 5.73 Å². The van der Waals surface area contributed by atoms with E-state index in [0.29, 0.717) is 13.2 Å². The van der Waals surface area contributed by atoms with Crippen molar-refractivity contribution in [3.8, 4) is 5.75 Å². The SMILES string of the molecule is Cc1nccn1CCOc1ccc(C(C)N)cc1F. The van der Waals surface area contributed by atoms with Gasteiger partial charge in [-0.3, -0.25) is 0 Å². The average Bonchev–Trinajstić information content (AvgIpc) is 2.77. The van der Waals surface area contributed by atoms with Crippen LogP contribution in [0.4, 0.5) is 4.39 Å². The minimum absolute atomic E-state index is 0.183. The topological polar surface area (TPSA) is 53.1 Å². The fraction of sp³-hybridized carbons (Fsp3) is 0.357. The lowest BCUT2D eigenvalue weighted by molar-refractivity contribution is 0.283. The van der Waals surface area contributed by atoms with Crippen LogP contribution in [0.15, 0.2) is 30.6 Å². The lowest BCUT2D eigenvalue weighted by Crippen LogP contribution is -2.10. The highest BCUT2D eigenvalue weighted by molar-refractivity contribution is 5.30. The van der Waals surface area contributed by atoms with Crippen molar-refractivity contribution in [1.82, 2.24) is 9.55 Å². The maximum atomic E-state index is 13.8. The summed E-state index contributed by atoms with van der Waals surface area (Å²) >= 11 is 0. The molecule has 4 nitrogen and oxygen atoms in total. The van der Waals surface area contributed by atoms with Crippen LogP contribution in [0.25, 0.3) is 0 Å². The van der Waals surface area contributed by atoms with Crippen LogP contribution < -0.4 is 10.5 Å². The van der Waals surface area contributed by atoms with Crippen molar-refractivity contribution < 1.29 is 9.13 Å². The summed E-state index contributed by atoms with van der Waals surface area (Å²) in [7, 11) is 0. The molecule has 0 aliphatic heterocycles. The predicted octanol–water partition coefficient (Wildman–Crippen LogP) is 2.43. The Morgan fingerprint density at radius 2 is 2.26 bits per heavy atom. The standard InChI is InChI=1S/C14H18FN3O/c1-10(16)12-3-4-14(13(15)9-12)19-8-7-18-6-5-17-11(18)2/h3-6,9-10H,7-8,16H2,1-2H3. The van der Waals surface area contributed by atoms with Crippen molar-refractivity contribution in [2.45, 2.75) is 26.4 Å². The van der Waals surface area contributed by atoms with Gasteiger partial charge >= 0.3 is 0 Å². The first-order valence-electron chi connectivity index (χ1n) is 6.23. The Morgan fingerprint density at radius 3 is 2.84 bits per heavy atom. The molecule has 102 valence electrons. The summed E-state index contributed by atoms with van der Waals surface area (Å²) in [5.41, 5.74) is 6.46. The molecule has 1 aromatic heterocycles. The zero-order chi connectivity index (χ0) is 13.8. The van der Waals surface area contributed by atoms with E-state index in [4.69, 9.17) is 10.5 Å². The van der Waals surface area contributed by atoms with Gasteiger partial charge < -0.3 is 15.0 Å². The number of nitrogens with zero attached hydrogens (tertiary/aromatic N) is 2. The van der Waals surface area contributed by atoms with Gasteiger partial charge in [-0.25, -0.2) is 9.37 Å². The van der Waals surface area contributed by atoms with Crippen LogP contribution in [0, 0.1) is 12.7 Å². The highest BCUT2D eigenvalue weighted by atomic mass is 19.1. The monoisotopic (exact) mass is 263 g/mol. The molecule has 2 aromatic rings. The summed E-state index contributed by atoms with van der Waals surface area (Å²) in [5.74, 6) is 0.788. The van der Waals surface area contributed by atoms with Crippen LogP contribution in [0.5, 0.6) is 5.75 Å². The Balaban J connectivity index is 1.95. The van der Waals surface area contributed by atoms with Gasteiger partial charge in [-0.2, -0.15) is 0 Å². The molecule has 2 rings (SSSR count). The van der Waals surface area contributed by atoms with Crippen LogP contribution in [-0.2, 0) is 6.54 Å². The second kappa shape index (κ2) is 5.84. The molecular formula is C14H18FN3O. The molecule has 0 aliphatic rings. The minimum atomic E-state index is -0.378. The van der Waals surface area contributed by atoms with Gasteiger partial charge in [0.1, 0.15) is 12.4 Å². The Morgan fingerprint density at radius 1 is 1.47 bits per heavy atom. The average molecular weight is 263 g/mol. The highest BCUT2D eigenvalue weighted by Crippen LogP contribution is 2.21. The fourth-order valence-electron chi connectivity index (χ4n) is 1.81. The first-order chi connectivity index (χ1) is 9.08. The van der Waals surface area contributed by atoms with Gasteiger partial charge in [0.25, 0.3) is 0 Å². The van der Waals surface area contributed by atoms with Crippen LogP contribution in [0.3, 0.4) is 0 Å². The van der Waals surface area contributed by atoms with E-state index in [2.05, 4.69) is 4.98 Å². The molecular weight excluding hydrogens is 245 g/mol. The Kier molecular flexibility index (Phi) is 4.16. The number of aromatic nitrogens is 2. The minimum Gasteiger partial charge on any atom is -0.489 e. The number of hydrogen-bond acceptors (Lipinski definition) is 3. The van der Waals surface area contributed by atoms with E-state index in [-0.39, 0.29) is 17.6 Å². The first kappa shape index (κ1) is 13.5. The predicted molar refractivity (Wildman–Crippen MR) is 71.5 cm³/mol. The molecule has 0 bridgehead atoms. The first-order valence-corrected chi connectivity index (χ1v) is 6.23. The van der Waals surface area contributed by atoms with Crippen molar-refractivity contribution in [1.29, 1.82) is 0 Å². The van der Waals surface area contributed by atoms with E-state index in [1.54, 1.807) is 18.3 Å². The summed E-state index contributed by atoms with van der Waals surface area (Å²) in [6, 6.07) is 4.64. The van der Waals surface area contributed by atoms with Crippen LogP contribution >= 0.6 is 0 Å². The molecule has 0 saturated heterocycles. The second-order valence-corrected chi connectivity index (χ2v) is 4.49. The van der Waals surface area contributed by atoms with Crippen LogP contribution in [0.2, 0.25) is 0 Å². The highest BCUT2D eigenvalue weighted by Gasteiger charge is 2.07. The molecule has 0 spiro atoms. The molecule has 0 saturated carbocycles. The van der Waals surface area contributed by atoms with E-state index in [9.17, 15) is 4.39 Å². The Labute approximate surface area is 112 Å². The number of ether oxygens (including phenoxy) is 1. The van der Waals surface area contributed by atoms with Crippen molar-refractivity contribution in [3.63, 3.8) is 0 Å². The zero-order valence-corrected chi connectivity index (χ0v) is 11.1. The summed E-state index contributed by atoms with van der Waals surface area (Å²) < 4.78 is 21.1. The van der Waals surface area contributed by atoms with Gasteiger partial charge in [-0.15, -0.1) is 0 Å². The van der Waals surface area contributed by atoms with Gasteiger partial charge in [0.2, 0.25) is 0 Å². The van der Waals surface area contributed by atoms with Crippen molar-refractivity contribution in [2.75, 3.05) is 6.61 Å². The molecule has 5 heteroatoms. The van der Waals surface area contributed by atoms with Crippen LogP contribution in [0.1, 0.15) is 24.4 Å². The molecule has 1 aromatic carbocycles. The largest absolute Gasteiger partial charge is 0.489 e. The summed E-state index contributed by atoms with van der Waals surface area (Å²) in [5, 5.41) is 0. The molecule has 0 amide bonds.